The SMILES string of the molecule is O=[C]OC(SCc1ccccc1)c1ccccc1. The summed E-state index contributed by atoms with van der Waals surface area (Å²) in [4.78, 5) is 10.4. The molecule has 0 fully saturated rings. The summed E-state index contributed by atoms with van der Waals surface area (Å²) in [7, 11) is 0. The monoisotopic (exact) mass is 257 g/mol. The van der Waals surface area contributed by atoms with Crippen LogP contribution in [0.4, 0.5) is 0 Å². The lowest BCUT2D eigenvalue weighted by atomic mass is 10.2. The molecule has 2 nitrogen and oxygen atoms in total. The lowest BCUT2D eigenvalue weighted by Crippen LogP contribution is -1.99. The van der Waals surface area contributed by atoms with Crippen molar-refractivity contribution < 1.29 is 9.53 Å². The fourth-order valence-electron chi connectivity index (χ4n) is 1.60. The van der Waals surface area contributed by atoms with Crippen LogP contribution < -0.4 is 0 Å². The Kier molecular flexibility index (Phi) is 4.85. The van der Waals surface area contributed by atoms with Crippen molar-refractivity contribution in [3.8, 4) is 0 Å². The first-order valence-corrected chi connectivity index (χ1v) is 6.68. The molecule has 0 spiro atoms. The second-order valence-electron chi connectivity index (χ2n) is 3.74. The molecule has 2 aromatic carbocycles. The zero-order valence-electron chi connectivity index (χ0n) is 9.78. The van der Waals surface area contributed by atoms with E-state index >= 15 is 0 Å². The minimum absolute atomic E-state index is 0.302. The zero-order valence-corrected chi connectivity index (χ0v) is 10.6. The molecule has 0 aliphatic heterocycles. The Bertz CT molecular complexity index is 470. The number of benzene rings is 2. The highest BCUT2D eigenvalue weighted by molar-refractivity contribution is 7.98. The van der Waals surface area contributed by atoms with Crippen LogP contribution in [-0.2, 0) is 15.3 Å². The average Bonchev–Trinajstić information content (AvgIpc) is 2.45. The fourth-order valence-corrected chi connectivity index (χ4v) is 2.59. The molecule has 18 heavy (non-hydrogen) atoms. The highest BCUT2D eigenvalue weighted by Gasteiger charge is 2.12. The predicted molar refractivity (Wildman–Crippen MR) is 73.7 cm³/mol. The quantitative estimate of drug-likeness (QED) is 0.738. The number of hydrogen-bond donors (Lipinski definition) is 0. The molecule has 1 unspecified atom stereocenters. The number of hydrogen-bond acceptors (Lipinski definition) is 3. The van der Waals surface area contributed by atoms with E-state index in [4.69, 9.17) is 4.74 Å². The molecule has 2 aromatic rings. The van der Waals surface area contributed by atoms with Crippen LogP contribution in [0.3, 0.4) is 0 Å². The van der Waals surface area contributed by atoms with Gasteiger partial charge < -0.3 is 4.74 Å². The second-order valence-corrected chi connectivity index (χ2v) is 4.79. The topological polar surface area (TPSA) is 26.3 Å². The molecule has 91 valence electrons. The van der Waals surface area contributed by atoms with Crippen molar-refractivity contribution in [3.05, 3.63) is 71.8 Å². The number of thioether (sulfide) groups is 1. The van der Waals surface area contributed by atoms with Gasteiger partial charge in [0.25, 0.3) is 0 Å². The van der Waals surface area contributed by atoms with E-state index in [9.17, 15) is 4.79 Å². The van der Waals surface area contributed by atoms with Crippen LogP contribution in [0.2, 0.25) is 0 Å². The van der Waals surface area contributed by atoms with Crippen LogP contribution >= 0.6 is 11.8 Å². The summed E-state index contributed by atoms with van der Waals surface area (Å²) in [6.45, 7) is 1.53. The van der Waals surface area contributed by atoms with Crippen molar-refractivity contribution in [1.29, 1.82) is 0 Å². The Hall–Kier alpha value is -1.74. The van der Waals surface area contributed by atoms with Gasteiger partial charge in [0, 0.05) is 11.3 Å². The van der Waals surface area contributed by atoms with Crippen LogP contribution in [0.15, 0.2) is 60.7 Å². The van der Waals surface area contributed by atoms with E-state index in [0.29, 0.717) is 0 Å². The molecule has 0 heterocycles. The maximum absolute atomic E-state index is 10.4. The van der Waals surface area contributed by atoms with Gasteiger partial charge in [-0.15, -0.1) is 11.8 Å². The first-order valence-electron chi connectivity index (χ1n) is 5.63. The molecule has 0 aromatic heterocycles. The molecule has 0 saturated heterocycles. The Labute approximate surface area is 111 Å². The van der Waals surface area contributed by atoms with E-state index in [2.05, 4.69) is 12.1 Å². The molecule has 0 aliphatic carbocycles. The van der Waals surface area contributed by atoms with Gasteiger partial charge in [0.15, 0.2) is 5.44 Å². The third-order valence-corrected chi connectivity index (χ3v) is 3.64. The molecule has 0 amide bonds. The van der Waals surface area contributed by atoms with Crippen LogP contribution in [0.25, 0.3) is 0 Å². The van der Waals surface area contributed by atoms with Crippen LogP contribution in [0, 0.1) is 0 Å². The van der Waals surface area contributed by atoms with Gasteiger partial charge in [-0.2, -0.15) is 0 Å². The minimum Gasteiger partial charge on any atom is -0.438 e. The fraction of sp³-hybridized carbons (Fsp3) is 0.133. The van der Waals surface area contributed by atoms with Gasteiger partial charge in [-0.05, 0) is 5.56 Å². The smallest absolute Gasteiger partial charge is 0.418 e. The average molecular weight is 257 g/mol. The number of carbonyl (C=O) groups excluding carboxylic acids is 1. The normalized spacial score (nSPS) is 11.8. The van der Waals surface area contributed by atoms with Gasteiger partial charge in [0.05, 0.1) is 0 Å². The van der Waals surface area contributed by atoms with Crippen molar-refractivity contribution >= 4 is 18.2 Å². The Morgan fingerprint density at radius 3 is 2.22 bits per heavy atom. The first-order chi connectivity index (χ1) is 8.90. The molecule has 0 N–H and O–H groups in total. The lowest BCUT2D eigenvalue weighted by molar-refractivity contribution is 0.257. The van der Waals surface area contributed by atoms with Crippen molar-refractivity contribution in [2.75, 3.05) is 0 Å². The van der Waals surface area contributed by atoms with E-state index < -0.39 is 0 Å². The van der Waals surface area contributed by atoms with Crippen molar-refractivity contribution in [2.45, 2.75) is 11.2 Å². The van der Waals surface area contributed by atoms with Gasteiger partial charge in [0.1, 0.15) is 0 Å². The largest absolute Gasteiger partial charge is 0.438 e. The molecule has 0 bridgehead atoms. The summed E-state index contributed by atoms with van der Waals surface area (Å²) in [5, 5.41) is 0. The Balaban J connectivity index is 2.01. The zero-order chi connectivity index (χ0) is 12.6. The summed E-state index contributed by atoms with van der Waals surface area (Å²) in [5.74, 6) is 0.794. The van der Waals surface area contributed by atoms with Crippen LogP contribution in [0.5, 0.6) is 0 Å². The summed E-state index contributed by atoms with van der Waals surface area (Å²) in [6.07, 6.45) is 0. The molecule has 3 heteroatoms. The number of rotatable bonds is 6. The van der Waals surface area contributed by atoms with E-state index in [-0.39, 0.29) is 5.44 Å². The number of ether oxygens (including phenoxy) is 1. The van der Waals surface area contributed by atoms with Crippen molar-refractivity contribution in [2.24, 2.45) is 0 Å². The summed E-state index contributed by atoms with van der Waals surface area (Å²) in [6, 6.07) is 19.8. The maximum Gasteiger partial charge on any atom is 0.418 e. The molecule has 0 saturated carbocycles. The van der Waals surface area contributed by atoms with Crippen LogP contribution in [0.1, 0.15) is 16.6 Å². The van der Waals surface area contributed by atoms with Gasteiger partial charge in [-0.25, -0.2) is 4.79 Å². The summed E-state index contributed by atoms with van der Waals surface area (Å²) in [5.41, 5.74) is 1.88. The highest BCUT2D eigenvalue weighted by Crippen LogP contribution is 2.31. The van der Waals surface area contributed by atoms with E-state index in [1.54, 1.807) is 11.8 Å². The first kappa shape index (κ1) is 12.7. The molecule has 2 rings (SSSR count). The Morgan fingerprint density at radius 2 is 1.61 bits per heavy atom. The summed E-state index contributed by atoms with van der Waals surface area (Å²) < 4.78 is 5.01. The van der Waals surface area contributed by atoms with Crippen LogP contribution in [-0.4, -0.2) is 6.47 Å². The second kappa shape index (κ2) is 6.87. The highest BCUT2D eigenvalue weighted by atomic mass is 32.2. The van der Waals surface area contributed by atoms with E-state index in [0.717, 1.165) is 11.3 Å². The van der Waals surface area contributed by atoms with Crippen molar-refractivity contribution in [3.63, 3.8) is 0 Å². The predicted octanol–water partition coefficient (Wildman–Crippen LogP) is 3.70. The molecule has 1 radical (unpaired) electrons. The lowest BCUT2D eigenvalue weighted by Gasteiger charge is -2.14. The molecule has 0 aliphatic rings. The standard InChI is InChI=1S/C15H13O2S/c16-12-17-15(14-9-5-2-6-10-14)18-11-13-7-3-1-4-8-13/h1-10,15H,11H2. The van der Waals surface area contributed by atoms with E-state index in [1.807, 2.05) is 48.5 Å². The van der Waals surface area contributed by atoms with Gasteiger partial charge >= 0.3 is 6.47 Å². The maximum atomic E-state index is 10.4. The van der Waals surface area contributed by atoms with E-state index in [1.165, 1.54) is 12.0 Å². The minimum atomic E-state index is -0.302. The molecular formula is C15H13O2S. The molecular weight excluding hydrogens is 244 g/mol. The third-order valence-electron chi connectivity index (χ3n) is 2.47. The van der Waals surface area contributed by atoms with Gasteiger partial charge in [-0.1, -0.05) is 60.7 Å². The van der Waals surface area contributed by atoms with Gasteiger partial charge in [-0.3, -0.25) is 0 Å². The summed E-state index contributed by atoms with van der Waals surface area (Å²) >= 11 is 1.57. The Morgan fingerprint density at radius 1 is 1.00 bits per heavy atom. The third kappa shape index (κ3) is 3.64. The molecule has 1 atom stereocenters. The van der Waals surface area contributed by atoms with Crippen molar-refractivity contribution in [1.82, 2.24) is 0 Å². The van der Waals surface area contributed by atoms with Gasteiger partial charge in [0.2, 0.25) is 0 Å².